The number of nitrogens with one attached hydrogen (secondary N) is 1. The molecule has 1 atom stereocenters. The molecule has 0 heterocycles. The Morgan fingerprint density at radius 1 is 0.826 bits per heavy atom. The monoisotopic (exact) mass is 339 g/mol. The van der Waals surface area contributed by atoms with Gasteiger partial charge in [-0.3, -0.25) is 0 Å². The van der Waals surface area contributed by atoms with Gasteiger partial charge in [0.15, 0.2) is 8.38 Å². The molecule has 1 aromatic carbocycles. The van der Waals surface area contributed by atoms with E-state index in [2.05, 4.69) is 12.2 Å². The van der Waals surface area contributed by atoms with Crippen LogP contribution in [0.5, 0.6) is 0 Å². The van der Waals surface area contributed by atoms with Gasteiger partial charge in [-0.2, -0.15) is 0 Å². The lowest BCUT2D eigenvalue weighted by molar-refractivity contribution is 0.444. The summed E-state index contributed by atoms with van der Waals surface area (Å²) in [7, 11) is -1.99. The predicted octanol–water partition coefficient (Wildman–Crippen LogP) is 5.49. The summed E-state index contributed by atoms with van der Waals surface area (Å²) in [6.07, 6.45) is 13.2. The Kier molecular flexibility index (Phi) is 12.5. The van der Waals surface area contributed by atoms with Gasteiger partial charge in [0, 0.05) is 0 Å². The lowest BCUT2D eigenvalue weighted by atomic mass is 10.1. The Morgan fingerprint density at radius 3 is 1.87 bits per heavy atom. The SMILES string of the molecule is CCCCCCCCCCCCNC(c1ccccc1)P(O)O. The molecule has 0 radical (unpaired) electrons. The Balaban J connectivity index is 2.03. The van der Waals surface area contributed by atoms with Crippen molar-refractivity contribution in [1.82, 2.24) is 5.32 Å². The van der Waals surface area contributed by atoms with E-state index in [0.717, 1.165) is 18.5 Å². The fraction of sp³-hybridized carbons (Fsp3) is 0.684. The first-order chi connectivity index (χ1) is 11.3. The van der Waals surface area contributed by atoms with Crippen LogP contribution in [0, 0.1) is 0 Å². The maximum atomic E-state index is 9.58. The van der Waals surface area contributed by atoms with Gasteiger partial charge in [0.25, 0.3) is 0 Å². The van der Waals surface area contributed by atoms with Crippen LogP contribution in [0.2, 0.25) is 0 Å². The summed E-state index contributed by atoms with van der Waals surface area (Å²) < 4.78 is 0. The summed E-state index contributed by atoms with van der Waals surface area (Å²) in [5, 5.41) is 3.29. The van der Waals surface area contributed by atoms with Gasteiger partial charge in [-0.15, -0.1) is 0 Å². The molecule has 0 aliphatic carbocycles. The maximum absolute atomic E-state index is 9.58. The summed E-state index contributed by atoms with van der Waals surface area (Å²) >= 11 is 0. The van der Waals surface area contributed by atoms with E-state index in [4.69, 9.17) is 0 Å². The fourth-order valence-corrected chi connectivity index (χ4v) is 3.55. The topological polar surface area (TPSA) is 52.5 Å². The highest BCUT2D eigenvalue weighted by molar-refractivity contribution is 7.45. The van der Waals surface area contributed by atoms with E-state index < -0.39 is 8.38 Å². The zero-order valence-corrected chi connectivity index (χ0v) is 15.5. The number of hydrogen-bond donors (Lipinski definition) is 3. The Labute approximate surface area is 143 Å². The molecule has 3 nitrogen and oxygen atoms in total. The molecule has 0 aliphatic rings. The number of rotatable bonds is 14. The molecule has 1 rings (SSSR count). The molecule has 0 saturated carbocycles. The van der Waals surface area contributed by atoms with Crippen molar-refractivity contribution in [2.45, 2.75) is 76.9 Å². The normalized spacial score (nSPS) is 12.7. The van der Waals surface area contributed by atoms with Crippen molar-refractivity contribution in [2.24, 2.45) is 0 Å². The summed E-state index contributed by atoms with van der Waals surface area (Å²) in [6.45, 7) is 3.10. The molecule has 1 aromatic rings. The Morgan fingerprint density at radius 2 is 1.35 bits per heavy atom. The second-order valence-corrected chi connectivity index (χ2v) is 7.43. The van der Waals surface area contributed by atoms with E-state index in [9.17, 15) is 9.79 Å². The van der Waals surface area contributed by atoms with E-state index in [1.807, 2.05) is 30.3 Å². The molecule has 3 N–H and O–H groups in total. The van der Waals surface area contributed by atoms with Gasteiger partial charge < -0.3 is 15.1 Å². The van der Waals surface area contributed by atoms with Crippen molar-refractivity contribution in [3.8, 4) is 0 Å². The van der Waals surface area contributed by atoms with Crippen molar-refractivity contribution in [3.05, 3.63) is 35.9 Å². The minimum absolute atomic E-state index is 0.329. The molecule has 132 valence electrons. The standard InChI is InChI=1S/C19H34NO2P/c1-2-3-4-5-6-7-8-9-10-14-17-20-19(23(21)22)18-15-12-11-13-16-18/h11-13,15-16,19-22H,2-10,14,17H2,1H3. The van der Waals surface area contributed by atoms with E-state index in [1.165, 1.54) is 57.8 Å². The third-order valence-electron chi connectivity index (χ3n) is 4.21. The molecule has 0 bridgehead atoms. The molecule has 0 spiro atoms. The molecule has 0 aliphatic heterocycles. The molecule has 23 heavy (non-hydrogen) atoms. The molecule has 4 heteroatoms. The predicted molar refractivity (Wildman–Crippen MR) is 100 cm³/mol. The first kappa shape index (κ1) is 20.6. The van der Waals surface area contributed by atoms with Gasteiger partial charge in [0.05, 0.1) is 0 Å². The van der Waals surface area contributed by atoms with Crippen molar-refractivity contribution in [1.29, 1.82) is 0 Å². The van der Waals surface area contributed by atoms with Crippen LogP contribution in [-0.2, 0) is 0 Å². The minimum Gasteiger partial charge on any atom is -0.349 e. The van der Waals surface area contributed by atoms with Gasteiger partial charge in [-0.05, 0) is 18.5 Å². The average Bonchev–Trinajstić information content (AvgIpc) is 2.56. The average molecular weight is 339 g/mol. The summed E-state index contributed by atoms with van der Waals surface area (Å²) in [5.41, 5.74) is 0.954. The number of hydrogen-bond acceptors (Lipinski definition) is 3. The maximum Gasteiger partial charge on any atom is 0.188 e. The van der Waals surface area contributed by atoms with Crippen LogP contribution in [0.3, 0.4) is 0 Å². The zero-order valence-electron chi connectivity index (χ0n) is 14.6. The lowest BCUT2D eigenvalue weighted by Crippen LogP contribution is -2.21. The van der Waals surface area contributed by atoms with Gasteiger partial charge in [-0.1, -0.05) is 95.0 Å². The van der Waals surface area contributed by atoms with Gasteiger partial charge in [0.1, 0.15) is 5.78 Å². The van der Waals surface area contributed by atoms with Crippen LogP contribution in [0.25, 0.3) is 0 Å². The third kappa shape index (κ3) is 10.1. The van der Waals surface area contributed by atoms with Crippen LogP contribution in [0.15, 0.2) is 30.3 Å². The van der Waals surface area contributed by atoms with Crippen molar-refractivity contribution in [2.75, 3.05) is 6.54 Å². The molecule has 0 saturated heterocycles. The second kappa shape index (κ2) is 13.9. The molecule has 1 unspecified atom stereocenters. The number of unbranched alkanes of at least 4 members (excludes halogenated alkanes) is 9. The minimum atomic E-state index is -1.99. The van der Waals surface area contributed by atoms with Gasteiger partial charge >= 0.3 is 0 Å². The summed E-state index contributed by atoms with van der Waals surface area (Å²) in [6, 6.07) is 9.70. The first-order valence-corrected chi connectivity index (χ1v) is 10.5. The second-order valence-electron chi connectivity index (χ2n) is 6.27. The highest BCUT2D eigenvalue weighted by Crippen LogP contribution is 2.41. The third-order valence-corrected chi connectivity index (χ3v) is 5.16. The molecule has 0 aromatic heterocycles. The summed E-state index contributed by atoms with van der Waals surface area (Å²) in [4.78, 5) is 19.2. The largest absolute Gasteiger partial charge is 0.349 e. The van der Waals surface area contributed by atoms with E-state index in [1.54, 1.807) is 0 Å². The highest BCUT2D eigenvalue weighted by Gasteiger charge is 2.18. The Hall–Kier alpha value is -0.470. The molecule has 0 amide bonds. The van der Waals surface area contributed by atoms with E-state index in [0.29, 0.717) is 0 Å². The van der Waals surface area contributed by atoms with Crippen LogP contribution in [-0.4, -0.2) is 16.3 Å². The fourth-order valence-electron chi connectivity index (χ4n) is 2.82. The van der Waals surface area contributed by atoms with Gasteiger partial charge in [-0.25, -0.2) is 0 Å². The molecular formula is C19H34NO2P. The smallest absolute Gasteiger partial charge is 0.188 e. The molecule has 0 fully saturated rings. The van der Waals surface area contributed by atoms with Crippen molar-refractivity contribution >= 4 is 8.38 Å². The van der Waals surface area contributed by atoms with Crippen LogP contribution >= 0.6 is 8.38 Å². The first-order valence-electron chi connectivity index (χ1n) is 9.21. The van der Waals surface area contributed by atoms with Crippen LogP contribution < -0.4 is 5.32 Å². The van der Waals surface area contributed by atoms with Crippen molar-refractivity contribution in [3.63, 3.8) is 0 Å². The quantitative estimate of drug-likeness (QED) is 0.310. The highest BCUT2D eigenvalue weighted by atomic mass is 31.2. The Bertz CT molecular complexity index is 373. The molecular weight excluding hydrogens is 305 g/mol. The summed E-state index contributed by atoms with van der Waals surface area (Å²) in [5.74, 6) is -0.329. The van der Waals surface area contributed by atoms with Crippen molar-refractivity contribution < 1.29 is 9.79 Å². The lowest BCUT2D eigenvalue weighted by Gasteiger charge is -2.20. The van der Waals surface area contributed by atoms with E-state index >= 15 is 0 Å². The van der Waals surface area contributed by atoms with Crippen LogP contribution in [0.4, 0.5) is 0 Å². The number of benzene rings is 1. The van der Waals surface area contributed by atoms with E-state index in [-0.39, 0.29) is 5.78 Å². The van der Waals surface area contributed by atoms with Gasteiger partial charge in [0.2, 0.25) is 0 Å². The zero-order chi connectivity index (χ0) is 16.8. The van der Waals surface area contributed by atoms with Crippen LogP contribution in [0.1, 0.15) is 82.5 Å².